The van der Waals surface area contributed by atoms with Crippen molar-refractivity contribution in [1.82, 2.24) is 5.32 Å². The minimum Gasteiger partial charge on any atom is -0.508 e. The first-order valence-electron chi connectivity index (χ1n) is 5.91. The van der Waals surface area contributed by atoms with Gasteiger partial charge in [0.2, 0.25) is 0 Å². The van der Waals surface area contributed by atoms with Crippen molar-refractivity contribution in [2.45, 2.75) is 25.3 Å². The van der Waals surface area contributed by atoms with Crippen LogP contribution in [-0.4, -0.2) is 22.7 Å². The highest BCUT2D eigenvalue weighted by Gasteiger charge is 2.29. The Labute approximate surface area is 100 Å². The second-order valence-corrected chi connectivity index (χ2v) is 4.49. The molecule has 2 atom stereocenters. The summed E-state index contributed by atoms with van der Waals surface area (Å²) in [5, 5.41) is 22.0. The first-order chi connectivity index (χ1) is 8.18. The second kappa shape index (κ2) is 5.19. The zero-order valence-corrected chi connectivity index (χ0v) is 9.60. The third kappa shape index (κ3) is 2.77. The molecule has 3 N–H and O–H groups in total. The lowest BCUT2D eigenvalue weighted by Crippen LogP contribution is -2.35. The Morgan fingerprint density at radius 2 is 2.18 bits per heavy atom. The van der Waals surface area contributed by atoms with Gasteiger partial charge in [-0.15, -0.1) is 0 Å². The number of hydrogen-bond acceptors (Lipinski definition) is 3. The molecule has 1 aromatic rings. The highest BCUT2D eigenvalue weighted by Crippen LogP contribution is 2.35. The van der Waals surface area contributed by atoms with E-state index in [1.807, 2.05) is 12.1 Å². The number of phenolic OH excluding ortho intramolecular Hbond substituents is 1. The Morgan fingerprint density at radius 3 is 2.88 bits per heavy atom. The van der Waals surface area contributed by atoms with Crippen LogP contribution in [0.15, 0.2) is 24.3 Å². The van der Waals surface area contributed by atoms with Gasteiger partial charge in [-0.05, 0) is 31.4 Å². The van der Waals surface area contributed by atoms with Crippen LogP contribution in [0.2, 0.25) is 0 Å². The van der Waals surface area contributed by atoms with Gasteiger partial charge in [-0.1, -0.05) is 18.2 Å². The number of phenols is 1. The summed E-state index contributed by atoms with van der Waals surface area (Å²) in [4.78, 5) is 10.8. The molecular formula is C13H17NO3. The summed E-state index contributed by atoms with van der Waals surface area (Å²) in [5.41, 5.74) is 0.804. The normalized spacial score (nSPS) is 24.5. The Balaban J connectivity index is 2.21. The van der Waals surface area contributed by atoms with Crippen molar-refractivity contribution in [2.24, 2.45) is 5.92 Å². The molecule has 1 heterocycles. The lowest BCUT2D eigenvalue weighted by atomic mass is 9.84. The van der Waals surface area contributed by atoms with Gasteiger partial charge < -0.3 is 15.5 Å². The number of piperidine rings is 1. The van der Waals surface area contributed by atoms with Gasteiger partial charge in [-0.25, -0.2) is 0 Å². The van der Waals surface area contributed by atoms with Crippen LogP contribution in [0.3, 0.4) is 0 Å². The van der Waals surface area contributed by atoms with Crippen molar-refractivity contribution in [2.75, 3.05) is 6.54 Å². The Kier molecular flexibility index (Phi) is 3.64. The third-order valence-corrected chi connectivity index (χ3v) is 3.30. The van der Waals surface area contributed by atoms with Gasteiger partial charge in [0.15, 0.2) is 0 Å². The fraction of sp³-hybridized carbons (Fsp3) is 0.462. The maximum atomic E-state index is 10.8. The average Bonchev–Trinajstić information content (AvgIpc) is 2.30. The summed E-state index contributed by atoms with van der Waals surface area (Å²) < 4.78 is 0. The van der Waals surface area contributed by atoms with Crippen LogP contribution in [-0.2, 0) is 4.79 Å². The highest BCUT2D eigenvalue weighted by atomic mass is 16.4. The summed E-state index contributed by atoms with van der Waals surface area (Å²) in [6.07, 6.45) is 2.02. The molecule has 0 spiro atoms. The summed E-state index contributed by atoms with van der Waals surface area (Å²) in [7, 11) is 0. The predicted molar refractivity (Wildman–Crippen MR) is 63.8 cm³/mol. The number of carboxylic acid groups (broad SMARTS) is 1. The number of carboxylic acids is 1. The van der Waals surface area contributed by atoms with Crippen LogP contribution in [0.25, 0.3) is 0 Å². The topological polar surface area (TPSA) is 69.6 Å². The van der Waals surface area contributed by atoms with E-state index >= 15 is 0 Å². The third-order valence-electron chi connectivity index (χ3n) is 3.30. The van der Waals surface area contributed by atoms with Crippen molar-refractivity contribution < 1.29 is 15.0 Å². The lowest BCUT2D eigenvalue weighted by Gasteiger charge is -2.32. The van der Waals surface area contributed by atoms with E-state index in [2.05, 4.69) is 5.32 Å². The zero-order valence-electron chi connectivity index (χ0n) is 9.60. The first kappa shape index (κ1) is 11.9. The fourth-order valence-electron chi connectivity index (χ4n) is 2.51. The largest absolute Gasteiger partial charge is 0.508 e. The van der Waals surface area contributed by atoms with E-state index in [0.29, 0.717) is 0 Å². The van der Waals surface area contributed by atoms with Gasteiger partial charge in [-0.2, -0.15) is 0 Å². The minimum atomic E-state index is -0.779. The molecule has 0 radical (unpaired) electrons. The maximum Gasteiger partial charge on any atom is 0.303 e. The fourth-order valence-corrected chi connectivity index (χ4v) is 2.51. The molecule has 92 valence electrons. The van der Waals surface area contributed by atoms with Crippen LogP contribution >= 0.6 is 0 Å². The monoisotopic (exact) mass is 235 g/mol. The van der Waals surface area contributed by atoms with E-state index in [4.69, 9.17) is 5.11 Å². The first-order valence-corrected chi connectivity index (χ1v) is 5.91. The van der Waals surface area contributed by atoms with Gasteiger partial charge in [0, 0.05) is 18.0 Å². The number of aromatic hydroxyl groups is 1. The number of para-hydroxylation sites is 1. The number of carbonyl (C=O) groups is 1. The molecule has 4 nitrogen and oxygen atoms in total. The molecule has 0 saturated carbocycles. The van der Waals surface area contributed by atoms with Crippen LogP contribution < -0.4 is 5.32 Å². The van der Waals surface area contributed by atoms with Crippen LogP contribution in [0.1, 0.15) is 30.9 Å². The summed E-state index contributed by atoms with van der Waals surface area (Å²) in [6.45, 7) is 0.870. The number of benzene rings is 1. The molecule has 0 amide bonds. The maximum absolute atomic E-state index is 10.8. The van der Waals surface area contributed by atoms with Crippen LogP contribution in [0.4, 0.5) is 0 Å². The van der Waals surface area contributed by atoms with Crippen molar-refractivity contribution in [3.63, 3.8) is 0 Å². The van der Waals surface area contributed by atoms with Gasteiger partial charge in [0.05, 0.1) is 0 Å². The van der Waals surface area contributed by atoms with E-state index < -0.39 is 5.97 Å². The van der Waals surface area contributed by atoms with E-state index in [0.717, 1.165) is 24.9 Å². The molecule has 1 aliphatic heterocycles. The van der Waals surface area contributed by atoms with Crippen molar-refractivity contribution in [3.8, 4) is 5.75 Å². The van der Waals surface area contributed by atoms with E-state index in [1.165, 1.54) is 0 Å². The molecule has 0 bridgehead atoms. The predicted octanol–water partition coefficient (Wildman–Crippen LogP) is 1.91. The zero-order chi connectivity index (χ0) is 12.3. The molecule has 4 heteroatoms. The molecule has 0 aromatic heterocycles. The van der Waals surface area contributed by atoms with Gasteiger partial charge >= 0.3 is 5.97 Å². The highest BCUT2D eigenvalue weighted by molar-refractivity contribution is 5.67. The second-order valence-electron chi connectivity index (χ2n) is 4.49. The molecule has 1 saturated heterocycles. The molecule has 1 fully saturated rings. The van der Waals surface area contributed by atoms with E-state index in [1.54, 1.807) is 12.1 Å². The molecule has 2 rings (SSSR count). The SMILES string of the molecule is O=C(O)C[C@H]1CCCN[C@@H]1c1ccccc1O. The number of aliphatic carboxylic acids is 1. The van der Waals surface area contributed by atoms with E-state index in [-0.39, 0.29) is 24.1 Å². The molecular weight excluding hydrogens is 218 g/mol. The number of hydrogen-bond donors (Lipinski definition) is 3. The Morgan fingerprint density at radius 1 is 1.41 bits per heavy atom. The molecule has 1 aliphatic rings. The quantitative estimate of drug-likeness (QED) is 0.748. The smallest absolute Gasteiger partial charge is 0.303 e. The van der Waals surface area contributed by atoms with Crippen LogP contribution in [0.5, 0.6) is 5.75 Å². The Bertz CT molecular complexity index is 405. The average molecular weight is 235 g/mol. The number of rotatable bonds is 3. The molecule has 0 unspecified atom stereocenters. The van der Waals surface area contributed by atoms with Crippen LogP contribution in [0, 0.1) is 5.92 Å². The number of nitrogens with one attached hydrogen (secondary N) is 1. The van der Waals surface area contributed by atoms with Crippen molar-refractivity contribution >= 4 is 5.97 Å². The van der Waals surface area contributed by atoms with Gasteiger partial charge in [0.25, 0.3) is 0 Å². The Hall–Kier alpha value is -1.55. The summed E-state index contributed by atoms with van der Waals surface area (Å²) in [5.74, 6) is -0.490. The summed E-state index contributed by atoms with van der Waals surface area (Å²) >= 11 is 0. The van der Waals surface area contributed by atoms with Crippen molar-refractivity contribution in [1.29, 1.82) is 0 Å². The molecule has 17 heavy (non-hydrogen) atoms. The summed E-state index contributed by atoms with van der Waals surface area (Å²) in [6, 6.07) is 7.08. The van der Waals surface area contributed by atoms with Gasteiger partial charge in [-0.3, -0.25) is 4.79 Å². The standard InChI is InChI=1S/C13H17NO3/c15-11-6-2-1-5-10(11)13-9(8-12(16)17)4-3-7-14-13/h1-2,5-6,9,13-15H,3-4,7-8H2,(H,16,17)/t9-,13+/m1/s1. The van der Waals surface area contributed by atoms with Gasteiger partial charge in [0.1, 0.15) is 5.75 Å². The molecule has 1 aromatic carbocycles. The van der Waals surface area contributed by atoms with E-state index in [9.17, 15) is 9.90 Å². The van der Waals surface area contributed by atoms with Crippen molar-refractivity contribution in [3.05, 3.63) is 29.8 Å². The lowest BCUT2D eigenvalue weighted by molar-refractivity contribution is -0.138. The molecule has 0 aliphatic carbocycles. The minimum absolute atomic E-state index is 0.0505.